The van der Waals surface area contributed by atoms with Crippen molar-refractivity contribution >= 4 is 18.2 Å². The molecule has 1 unspecified atom stereocenters. The van der Waals surface area contributed by atoms with Gasteiger partial charge < -0.3 is 14.5 Å². The minimum Gasteiger partial charge on any atom is -0.465 e. The lowest BCUT2D eigenvalue weighted by Crippen LogP contribution is -2.14. The molecule has 0 aromatic carbocycles. The molecule has 0 aliphatic rings. The molecule has 0 saturated heterocycles. The maximum absolute atomic E-state index is 11.5. The van der Waals surface area contributed by atoms with E-state index < -0.39 is 5.97 Å². The fraction of sp³-hybridized carbons (Fsp3) is 0.583. The Kier molecular flexibility index (Phi) is 5.43. The van der Waals surface area contributed by atoms with E-state index in [4.69, 9.17) is 17.0 Å². The van der Waals surface area contributed by atoms with Crippen LogP contribution in [0.4, 0.5) is 0 Å². The molecule has 18 heavy (non-hydrogen) atoms. The highest BCUT2D eigenvalue weighted by molar-refractivity contribution is 7.71. The Morgan fingerprint density at radius 3 is 2.67 bits per heavy atom. The van der Waals surface area contributed by atoms with Crippen LogP contribution >= 0.6 is 12.2 Å². The number of ether oxygens (including phenoxy) is 2. The number of carbonyl (C=O) groups excluding carboxylic acids is 1. The van der Waals surface area contributed by atoms with Gasteiger partial charge in [0.15, 0.2) is 0 Å². The van der Waals surface area contributed by atoms with E-state index in [9.17, 15) is 4.79 Å². The number of hydrogen-bond acceptors (Lipinski definition) is 5. The van der Waals surface area contributed by atoms with Crippen LogP contribution < -0.4 is 0 Å². The molecule has 1 N–H and O–H groups in total. The van der Waals surface area contributed by atoms with Gasteiger partial charge in [-0.1, -0.05) is 19.1 Å². The van der Waals surface area contributed by atoms with Gasteiger partial charge in [0.05, 0.1) is 7.11 Å². The first-order valence-corrected chi connectivity index (χ1v) is 6.07. The zero-order valence-electron chi connectivity index (χ0n) is 11.1. The van der Waals surface area contributed by atoms with E-state index in [2.05, 4.69) is 21.6 Å². The van der Waals surface area contributed by atoms with E-state index in [1.54, 1.807) is 14.0 Å². The summed E-state index contributed by atoms with van der Waals surface area (Å²) in [6.45, 7) is 4.50. The van der Waals surface area contributed by atoms with E-state index >= 15 is 0 Å². The second-order valence-corrected chi connectivity index (χ2v) is 4.63. The Hall–Kier alpha value is -1.27. The predicted octanol–water partition coefficient (Wildman–Crippen LogP) is 2.06. The first-order chi connectivity index (χ1) is 8.49. The molecule has 0 aliphatic heterocycles. The van der Waals surface area contributed by atoms with Crippen LogP contribution in [-0.2, 0) is 15.9 Å². The van der Waals surface area contributed by atoms with Gasteiger partial charge >= 0.3 is 5.97 Å². The maximum Gasteiger partial charge on any atom is 0.342 e. The maximum atomic E-state index is 11.5. The molecule has 1 rings (SSSR count). The Balaban J connectivity index is 3.00. The summed E-state index contributed by atoms with van der Waals surface area (Å²) in [5.41, 5.74) is 1.01. The van der Waals surface area contributed by atoms with Crippen LogP contribution in [0.2, 0.25) is 0 Å². The van der Waals surface area contributed by atoms with Gasteiger partial charge in [-0.2, -0.15) is 0 Å². The van der Waals surface area contributed by atoms with Crippen molar-refractivity contribution in [2.24, 2.45) is 5.92 Å². The lowest BCUT2D eigenvalue weighted by atomic mass is 10.1. The number of aromatic amines is 1. The second-order valence-electron chi connectivity index (χ2n) is 4.24. The van der Waals surface area contributed by atoms with Gasteiger partial charge in [-0.15, -0.1) is 0 Å². The Bertz CT molecular complexity index is 485. The molecule has 0 amide bonds. The zero-order chi connectivity index (χ0) is 13.7. The molecular weight excluding hydrogens is 252 g/mol. The van der Waals surface area contributed by atoms with Gasteiger partial charge in [-0.3, -0.25) is 0 Å². The number of hydrogen-bond donors (Lipinski definition) is 1. The van der Waals surface area contributed by atoms with Crippen molar-refractivity contribution < 1.29 is 14.3 Å². The van der Waals surface area contributed by atoms with Gasteiger partial charge in [0, 0.05) is 25.8 Å². The number of nitrogens with one attached hydrogen (secondary N) is 1. The summed E-state index contributed by atoms with van der Waals surface area (Å²) in [6, 6.07) is 0. The van der Waals surface area contributed by atoms with Crippen LogP contribution in [0.25, 0.3) is 0 Å². The third kappa shape index (κ3) is 3.61. The van der Waals surface area contributed by atoms with Gasteiger partial charge in [0.2, 0.25) is 0 Å². The number of esters is 1. The molecule has 0 radical (unpaired) electrons. The van der Waals surface area contributed by atoms with Gasteiger partial charge in [0.25, 0.3) is 0 Å². The highest BCUT2D eigenvalue weighted by atomic mass is 32.1. The molecule has 1 aromatic rings. The number of rotatable bonds is 5. The fourth-order valence-electron chi connectivity index (χ4n) is 1.76. The van der Waals surface area contributed by atoms with Crippen molar-refractivity contribution in [2.45, 2.75) is 20.3 Å². The molecule has 0 spiro atoms. The summed E-state index contributed by atoms with van der Waals surface area (Å²) < 4.78 is 10.0. The number of aromatic nitrogens is 2. The standard InChI is InChI=1S/C12H18N2O3S/c1-7(6-16-3)5-9-13-8(2)10(11(18)14-9)12(15)17-4/h7H,5-6H2,1-4H3,(H,13,14,18). The van der Waals surface area contributed by atoms with Crippen LogP contribution in [0, 0.1) is 17.5 Å². The van der Waals surface area contributed by atoms with Gasteiger partial charge in [-0.25, -0.2) is 9.78 Å². The molecule has 1 aromatic heterocycles. The van der Waals surface area contributed by atoms with E-state index in [1.165, 1.54) is 7.11 Å². The topological polar surface area (TPSA) is 64.2 Å². The van der Waals surface area contributed by atoms with E-state index in [0.29, 0.717) is 23.8 Å². The van der Waals surface area contributed by atoms with Gasteiger partial charge in [0.1, 0.15) is 16.0 Å². The van der Waals surface area contributed by atoms with Crippen molar-refractivity contribution in [1.29, 1.82) is 0 Å². The van der Waals surface area contributed by atoms with Crippen molar-refractivity contribution in [3.05, 3.63) is 21.7 Å². The third-order valence-corrected chi connectivity index (χ3v) is 2.84. The smallest absolute Gasteiger partial charge is 0.342 e. The quantitative estimate of drug-likeness (QED) is 0.655. The van der Waals surface area contributed by atoms with Crippen LogP contribution in [0.3, 0.4) is 0 Å². The highest BCUT2D eigenvalue weighted by Crippen LogP contribution is 2.11. The molecular formula is C12H18N2O3S. The first kappa shape index (κ1) is 14.8. The highest BCUT2D eigenvalue weighted by Gasteiger charge is 2.15. The SMILES string of the molecule is COCC(C)Cc1nc(=S)c(C(=O)OC)c(C)[nH]1. The van der Waals surface area contributed by atoms with E-state index in [0.717, 1.165) is 12.2 Å². The number of nitrogens with zero attached hydrogens (tertiary/aromatic N) is 1. The molecule has 0 aliphatic carbocycles. The summed E-state index contributed by atoms with van der Waals surface area (Å²) in [5, 5.41) is 0. The average molecular weight is 270 g/mol. The second kappa shape index (κ2) is 6.61. The summed E-state index contributed by atoms with van der Waals surface area (Å²) in [4.78, 5) is 18.8. The summed E-state index contributed by atoms with van der Waals surface area (Å²) in [6.07, 6.45) is 0.722. The summed E-state index contributed by atoms with van der Waals surface area (Å²) in [7, 11) is 2.99. The molecule has 0 bridgehead atoms. The number of carbonyl (C=O) groups is 1. The largest absolute Gasteiger partial charge is 0.465 e. The fourth-order valence-corrected chi connectivity index (χ4v) is 2.11. The minimum absolute atomic E-state index is 0.276. The van der Waals surface area contributed by atoms with Crippen molar-refractivity contribution in [1.82, 2.24) is 9.97 Å². The van der Waals surface area contributed by atoms with Gasteiger partial charge in [-0.05, 0) is 12.8 Å². The predicted molar refractivity (Wildman–Crippen MR) is 70.2 cm³/mol. The Labute approximate surface area is 112 Å². The molecule has 1 heterocycles. The number of aryl methyl sites for hydroxylation is 1. The zero-order valence-corrected chi connectivity index (χ0v) is 11.9. The Morgan fingerprint density at radius 2 is 2.17 bits per heavy atom. The van der Waals surface area contributed by atoms with Crippen LogP contribution in [0.15, 0.2) is 0 Å². The average Bonchev–Trinajstić information content (AvgIpc) is 2.27. The van der Waals surface area contributed by atoms with Crippen LogP contribution in [-0.4, -0.2) is 36.8 Å². The van der Waals surface area contributed by atoms with E-state index in [1.807, 2.05) is 0 Å². The molecule has 5 nitrogen and oxygen atoms in total. The number of H-pyrrole nitrogens is 1. The first-order valence-electron chi connectivity index (χ1n) is 5.66. The monoisotopic (exact) mass is 270 g/mol. The molecule has 6 heteroatoms. The lowest BCUT2D eigenvalue weighted by Gasteiger charge is -2.11. The Morgan fingerprint density at radius 1 is 1.50 bits per heavy atom. The summed E-state index contributed by atoms with van der Waals surface area (Å²) in [5.74, 6) is 0.629. The minimum atomic E-state index is -0.460. The summed E-state index contributed by atoms with van der Waals surface area (Å²) >= 11 is 5.12. The molecule has 0 fully saturated rings. The molecule has 100 valence electrons. The van der Waals surface area contributed by atoms with Crippen molar-refractivity contribution in [3.63, 3.8) is 0 Å². The van der Waals surface area contributed by atoms with Crippen molar-refractivity contribution in [3.8, 4) is 0 Å². The van der Waals surface area contributed by atoms with E-state index in [-0.39, 0.29) is 4.64 Å². The lowest BCUT2D eigenvalue weighted by molar-refractivity contribution is 0.0598. The third-order valence-electron chi connectivity index (χ3n) is 2.54. The van der Waals surface area contributed by atoms with Crippen LogP contribution in [0.5, 0.6) is 0 Å². The molecule has 0 saturated carbocycles. The normalized spacial score (nSPS) is 12.2. The number of methoxy groups -OCH3 is 2. The van der Waals surface area contributed by atoms with Crippen LogP contribution in [0.1, 0.15) is 28.8 Å². The van der Waals surface area contributed by atoms with Crippen molar-refractivity contribution in [2.75, 3.05) is 20.8 Å². The molecule has 1 atom stereocenters.